The minimum atomic E-state index is -0.114. The highest BCUT2D eigenvalue weighted by molar-refractivity contribution is 5.89. The molecule has 0 atom stereocenters. The lowest BCUT2D eigenvalue weighted by Crippen LogP contribution is -2.60. The van der Waals surface area contributed by atoms with E-state index in [4.69, 9.17) is 4.74 Å². The lowest BCUT2D eigenvalue weighted by molar-refractivity contribution is -0.0356. The summed E-state index contributed by atoms with van der Waals surface area (Å²) in [6.45, 7) is 6.31. The van der Waals surface area contributed by atoms with E-state index >= 15 is 0 Å². The molecule has 0 aromatic heterocycles. The minimum absolute atomic E-state index is 0.104. The van der Waals surface area contributed by atoms with Crippen LogP contribution in [0.1, 0.15) is 37.7 Å². The first-order valence-corrected chi connectivity index (χ1v) is 9.12. The average Bonchev–Trinajstić information content (AvgIpc) is 2.63. The van der Waals surface area contributed by atoms with Crippen LogP contribution in [-0.2, 0) is 4.74 Å². The normalized spacial score (nSPS) is 21.2. The molecule has 1 aromatic carbocycles. The molecule has 0 spiro atoms. The molecule has 3 rings (SSSR count). The van der Waals surface area contributed by atoms with Gasteiger partial charge in [0.05, 0.1) is 13.2 Å². The number of amides is 2. The van der Waals surface area contributed by atoms with Crippen LogP contribution in [0.2, 0.25) is 0 Å². The Morgan fingerprint density at radius 1 is 1.12 bits per heavy atom. The number of morpholine rings is 1. The molecule has 1 aliphatic carbocycles. The smallest absolute Gasteiger partial charge is 0.319 e. The van der Waals surface area contributed by atoms with Crippen molar-refractivity contribution < 1.29 is 9.53 Å². The maximum absolute atomic E-state index is 12.3. The van der Waals surface area contributed by atoms with E-state index < -0.39 is 0 Å². The number of hydrogen-bond donors (Lipinski definition) is 2. The molecule has 1 aromatic rings. The van der Waals surface area contributed by atoms with Crippen molar-refractivity contribution in [1.82, 2.24) is 10.2 Å². The first kappa shape index (κ1) is 17.2. The second-order valence-electron chi connectivity index (χ2n) is 7.06. The molecule has 1 saturated carbocycles. The van der Waals surface area contributed by atoms with Gasteiger partial charge in [-0.15, -0.1) is 0 Å². The van der Waals surface area contributed by atoms with E-state index in [1.165, 1.54) is 24.8 Å². The number of aryl methyl sites for hydroxylation is 1. The lowest BCUT2D eigenvalue weighted by atomic mass is 9.80. The number of anilines is 1. The Labute approximate surface area is 144 Å². The Bertz CT molecular complexity index is 532. The summed E-state index contributed by atoms with van der Waals surface area (Å²) < 4.78 is 5.51. The summed E-state index contributed by atoms with van der Waals surface area (Å²) in [5.41, 5.74) is 2.13. The highest BCUT2D eigenvalue weighted by Gasteiger charge is 2.38. The van der Waals surface area contributed by atoms with Crippen molar-refractivity contribution in [2.24, 2.45) is 0 Å². The summed E-state index contributed by atoms with van der Waals surface area (Å²) in [4.78, 5) is 14.8. The number of nitrogens with one attached hydrogen (secondary N) is 2. The summed E-state index contributed by atoms with van der Waals surface area (Å²) in [6, 6.07) is 7.77. The predicted octanol–water partition coefficient (Wildman–Crippen LogP) is 3.15. The van der Waals surface area contributed by atoms with Gasteiger partial charge < -0.3 is 15.4 Å². The minimum Gasteiger partial charge on any atom is -0.379 e. The molecule has 24 heavy (non-hydrogen) atoms. The van der Waals surface area contributed by atoms with Gasteiger partial charge in [-0.05, 0) is 31.9 Å². The summed E-state index contributed by atoms with van der Waals surface area (Å²) >= 11 is 0. The fraction of sp³-hybridized carbons (Fsp3) is 0.632. The summed E-state index contributed by atoms with van der Waals surface area (Å²) in [6.07, 6.45) is 6.13. The van der Waals surface area contributed by atoms with E-state index in [2.05, 4.69) is 15.5 Å². The topological polar surface area (TPSA) is 53.6 Å². The maximum Gasteiger partial charge on any atom is 0.319 e. The first-order valence-electron chi connectivity index (χ1n) is 9.12. The summed E-state index contributed by atoms with van der Waals surface area (Å²) in [7, 11) is 0. The van der Waals surface area contributed by atoms with Gasteiger partial charge in [0.15, 0.2) is 0 Å². The SMILES string of the molecule is Cc1ccc(NC(=O)NCC2(N3CCOCC3)CCCCC2)cc1. The van der Waals surface area contributed by atoms with Crippen LogP contribution in [0.25, 0.3) is 0 Å². The van der Waals surface area contributed by atoms with Crippen LogP contribution >= 0.6 is 0 Å². The van der Waals surface area contributed by atoms with Gasteiger partial charge in [0.25, 0.3) is 0 Å². The molecule has 1 aliphatic heterocycles. The zero-order valence-corrected chi connectivity index (χ0v) is 14.6. The molecule has 2 amide bonds. The van der Waals surface area contributed by atoms with Gasteiger partial charge in [0.2, 0.25) is 0 Å². The van der Waals surface area contributed by atoms with Gasteiger partial charge in [0, 0.05) is 30.9 Å². The van der Waals surface area contributed by atoms with E-state index in [0.717, 1.165) is 44.8 Å². The van der Waals surface area contributed by atoms with Gasteiger partial charge in [-0.1, -0.05) is 37.0 Å². The maximum atomic E-state index is 12.3. The molecule has 5 nitrogen and oxygen atoms in total. The third-order valence-corrected chi connectivity index (χ3v) is 5.35. The van der Waals surface area contributed by atoms with E-state index in [0.29, 0.717) is 6.54 Å². The van der Waals surface area contributed by atoms with Crippen LogP contribution in [0.3, 0.4) is 0 Å². The van der Waals surface area contributed by atoms with Gasteiger partial charge in [0.1, 0.15) is 0 Å². The Kier molecular flexibility index (Phi) is 5.74. The Morgan fingerprint density at radius 3 is 2.46 bits per heavy atom. The lowest BCUT2D eigenvalue weighted by Gasteiger charge is -2.48. The molecule has 1 heterocycles. The van der Waals surface area contributed by atoms with Crippen molar-refractivity contribution in [3.05, 3.63) is 29.8 Å². The number of benzene rings is 1. The van der Waals surface area contributed by atoms with E-state index in [1.54, 1.807) is 0 Å². The molecule has 0 radical (unpaired) electrons. The molecule has 2 aliphatic rings. The monoisotopic (exact) mass is 331 g/mol. The summed E-state index contributed by atoms with van der Waals surface area (Å²) in [5, 5.41) is 6.06. The van der Waals surface area contributed by atoms with Crippen molar-refractivity contribution in [1.29, 1.82) is 0 Å². The van der Waals surface area contributed by atoms with Crippen LogP contribution < -0.4 is 10.6 Å². The molecule has 0 unspecified atom stereocenters. The molecule has 2 fully saturated rings. The molecule has 132 valence electrons. The van der Waals surface area contributed by atoms with Gasteiger partial charge in [-0.3, -0.25) is 4.90 Å². The third-order valence-electron chi connectivity index (χ3n) is 5.35. The van der Waals surface area contributed by atoms with Crippen LogP contribution in [0.15, 0.2) is 24.3 Å². The number of rotatable bonds is 4. The fourth-order valence-corrected chi connectivity index (χ4v) is 3.91. The van der Waals surface area contributed by atoms with Crippen LogP contribution in [0.4, 0.5) is 10.5 Å². The zero-order valence-electron chi connectivity index (χ0n) is 14.6. The molecular formula is C19H29N3O2. The number of urea groups is 1. The third kappa shape index (κ3) is 4.28. The average molecular weight is 331 g/mol. The van der Waals surface area contributed by atoms with E-state index in [9.17, 15) is 4.79 Å². The van der Waals surface area contributed by atoms with Crippen LogP contribution in [-0.4, -0.2) is 49.3 Å². The fourth-order valence-electron chi connectivity index (χ4n) is 3.91. The Hall–Kier alpha value is -1.59. The number of carbonyl (C=O) groups excluding carboxylic acids is 1. The summed E-state index contributed by atoms with van der Waals surface area (Å²) in [5.74, 6) is 0. The van der Waals surface area contributed by atoms with Gasteiger partial charge in [-0.25, -0.2) is 4.79 Å². The number of carbonyl (C=O) groups is 1. The number of hydrogen-bond acceptors (Lipinski definition) is 3. The van der Waals surface area contributed by atoms with E-state index in [-0.39, 0.29) is 11.6 Å². The highest BCUT2D eigenvalue weighted by Crippen LogP contribution is 2.33. The number of ether oxygens (including phenoxy) is 1. The van der Waals surface area contributed by atoms with Crippen LogP contribution in [0.5, 0.6) is 0 Å². The van der Waals surface area contributed by atoms with Crippen molar-refractivity contribution in [2.45, 2.75) is 44.6 Å². The van der Waals surface area contributed by atoms with Crippen LogP contribution in [0, 0.1) is 6.92 Å². The zero-order chi connectivity index (χ0) is 16.8. The highest BCUT2D eigenvalue weighted by atomic mass is 16.5. The van der Waals surface area contributed by atoms with Crippen molar-refractivity contribution in [3.63, 3.8) is 0 Å². The molecule has 1 saturated heterocycles. The Morgan fingerprint density at radius 2 is 1.79 bits per heavy atom. The largest absolute Gasteiger partial charge is 0.379 e. The Balaban J connectivity index is 1.58. The quantitative estimate of drug-likeness (QED) is 0.891. The van der Waals surface area contributed by atoms with Gasteiger partial charge in [-0.2, -0.15) is 0 Å². The molecular weight excluding hydrogens is 302 g/mol. The van der Waals surface area contributed by atoms with Crippen molar-refractivity contribution >= 4 is 11.7 Å². The van der Waals surface area contributed by atoms with Crippen molar-refractivity contribution in [3.8, 4) is 0 Å². The molecule has 5 heteroatoms. The van der Waals surface area contributed by atoms with Crippen molar-refractivity contribution in [2.75, 3.05) is 38.2 Å². The molecule has 0 bridgehead atoms. The standard InChI is InChI=1S/C19H29N3O2/c1-16-5-7-17(8-6-16)21-18(23)20-15-19(9-3-2-4-10-19)22-11-13-24-14-12-22/h5-8H,2-4,9-15H2,1H3,(H2,20,21,23). The van der Waals surface area contributed by atoms with Gasteiger partial charge >= 0.3 is 6.03 Å². The predicted molar refractivity (Wildman–Crippen MR) is 96.4 cm³/mol. The number of nitrogens with zero attached hydrogens (tertiary/aromatic N) is 1. The second-order valence-corrected chi connectivity index (χ2v) is 7.06. The first-order chi connectivity index (χ1) is 11.7. The molecule has 2 N–H and O–H groups in total. The second kappa shape index (κ2) is 7.99. The van der Waals surface area contributed by atoms with E-state index in [1.807, 2.05) is 31.2 Å².